The number of aromatic amines is 1. The number of carboxylic acid groups (broad SMARTS) is 1. The number of rotatable bonds is 9. The second-order valence-electron chi connectivity index (χ2n) is 4.28. The highest BCUT2D eigenvalue weighted by Crippen LogP contribution is 1.98. The Morgan fingerprint density at radius 3 is 2.85 bits per heavy atom. The van der Waals surface area contributed by atoms with Gasteiger partial charge >= 0.3 is 12.0 Å². The van der Waals surface area contributed by atoms with Gasteiger partial charge in [-0.15, -0.1) is 0 Å². The molecule has 5 N–H and O–H groups in total. The first-order chi connectivity index (χ1) is 9.63. The fraction of sp³-hybridized carbons (Fsp3) is 0.583. The van der Waals surface area contributed by atoms with Crippen molar-refractivity contribution >= 4 is 12.0 Å². The number of amides is 2. The van der Waals surface area contributed by atoms with Crippen molar-refractivity contribution in [3.63, 3.8) is 0 Å². The number of hydrogen-bond donors (Lipinski definition) is 5. The van der Waals surface area contributed by atoms with Crippen LogP contribution in [-0.4, -0.2) is 52.8 Å². The Hall–Kier alpha value is -2.09. The van der Waals surface area contributed by atoms with E-state index in [1.165, 1.54) is 12.5 Å². The highest BCUT2D eigenvalue weighted by Gasteiger charge is 2.20. The number of nitrogens with one attached hydrogen (secondary N) is 4. The van der Waals surface area contributed by atoms with Crippen molar-refractivity contribution in [3.8, 4) is 0 Å². The van der Waals surface area contributed by atoms with E-state index in [1.54, 1.807) is 0 Å². The summed E-state index contributed by atoms with van der Waals surface area (Å²) in [5.41, 5.74) is 0.657. The van der Waals surface area contributed by atoms with Gasteiger partial charge < -0.3 is 26.0 Å². The lowest BCUT2D eigenvalue weighted by Crippen LogP contribution is -2.47. The van der Waals surface area contributed by atoms with Crippen LogP contribution < -0.4 is 16.0 Å². The first kappa shape index (κ1) is 16.0. The van der Waals surface area contributed by atoms with Gasteiger partial charge in [0.1, 0.15) is 6.04 Å². The lowest BCUT2D eigenvalue weighted by molar-refractivity contribution is -0.139. The zero-order valence-corrected chi connectivity index (χ0v) is 11.5. The predicted octanol–water partition coefficient (Wildman–Crippen LogP) is -0.296. The molecule has 0 spiro atoms. The van der Waals surface area contributed by atoms with Gasteiger partial charge in [-0.1, -0.05) is 6.92 Å². The van der Waals surface area contributed by atoms with Gasteiger partial charge in [0.2, 0.25) is 0 Å². The molecule has 0 aliphatic heterocycles. The molecule has 1 rings (SSSR count). The average Bonchev–Trinajstić information content (AvgIpc) is 2.90. The maximum atomic E-state index is 11.6. The van der Waals surface area contributed by atoms with Crippen LogP contribution in [0.2, 0.25) is 0 Å². The fourth-order valence-electron chi connectivity index (χ4n) is 1.62. The smallest absolute Gasteiger partial charge is 0.326 e. The topological polar surface area (TPSA) is 119 Å². The van der Waals surface area contributed by atoms with E-state index in [-0.39, 0.29) is 6.42 Å². The Labute approximate surface area is 117 Å². The van der Waals surface area contributed by atoms with Gasteiger partial charge in [-0.3, -0.25) is 0 Å². The maximum absolute atomic E-state index is 11.6. The molecule has 8 heteroatoms. The van der Waals surface area contributed by atoms with E-state index in [4.69, 9.17) is 5.11 Å². The Kier molecular flexibility index (Phi) is 7.12. The third kappa shape index (κ3) is 6.19. The predicted molar refractivity (Wildman–Crippen MR) is 73.4 cm³/mol. The number of hydrogen-bond acceptors (Lipinski definition) is 4. The van der Waals surface area contributed by atoms with Crippen molar-refractivity contribution in [2.24, 2.45) is 0 Å². The molecule has 0 aliphatic carbocycles. The summed E-state index contributed by atoms with van der Waals surface area (Å²) in [4.78, 5) is 29.3. The van der Waals surface area contributed by atoms with Gasteiger partial charge in [0.05, 0.1) is 6.33 Å². The molecule has 1 aromatic rings. The third-order valence-corrected chi connectivity index (χ3v) is 2.65. The Balaban J connectivity index is 2.30. The van der Waals surface area contributed by atoms with Gasteiger partial charge in [0, 0.05) is 24.9 Å². The SMILES string of the molecule is CCNCCCNC(=O)N[C@H](Cc1cnc[nH]1)C(=O)O. The molecule has 1 heterocycles. The number of carbonyl (C=O) groups is 2. The van der Waals surface area contributed by atoms with Crippen LogP contribution in [0.5, 0.6) is 0 Å². The molecule has 8 nitrogen and oxygen atoms in total. The number of urea groups is 1. The van der Waals surface area contributed by atoms with Crippen molar-refractivity contribution < 1.29 is 14.7 Å². The molecule has 0 saturated carbocycles. The minimum absolute atomic E-state index is 0.167. The molecular weight excluding hydrogens is 262 g/mol. The van der Waals surface area contributed by atoms with E-state index in [2.05, 4.69) is 25.9 Å². The molecule has 0 aromatic carbocycles. The van der Waals surface area contributed by atoms with E-state index in [0.29, 0.717) is 12.2 Å². The van der Waals surface area contributed by atoms with E-state index < -0.39 is 18.0 Å². The zero-order chi connectivity index (χ0) is 14.8. The normalized spacial score (nSPS) is 11.8. The quantitative estimate of drug-likeness (QED) is 0.399. The molecule has 1 atom stereocenters. The van der Waals surface area contributed by atoms with Crippen LogP contribution >= 0.6 is 0 Å². The number of aromatic nitrogens is 2. The van der Waals surface area contributed by atoms with Crippen LogP contribution in [0.1, 0.15) is 19.0 Å². The molecule has 112 valence electrons. The second-order valence-corrected chi connectivity index (χ2v) is 4.28. The van der Waals surface area contributed by atoms with Crippen molar-refractivity contribution in [1.29, 1.82) is 0 Å². The van der Waals surface area contributed by atoms with Gasteiger partial charge in [0.15, 0.2) is 0 Å². The van der Waals surface area contributed by atoms with Crippen molar-refractivity contribution in [1.82, 2.24) is 25.9 Å². The summed E-state index contributed by atoms with van der Waals surface area (Å²) >= 11 is 0. The highest BCUT2D eigenvalue weighted by molar-refractivity contribution is 5.82. The summed E-state index contributed by atoms with van der Waals surface area (Å²) in [6, 6.07) is -1.46. The van der Waals surface area contributed by atoms with Crippen LogP contribution in [-0.2, 0) is 11.2 Å². The van der Waals surface area contributed by atoms with Crippen LogP contribution in [0.3, 0.4) is 0 Å². The summed E-state index contributed by atoms with van der Waals surface area (Å²) in [7, 11) is 0. The number of carbonyl (C=O) groups excluding carboxylic acids is 1. The first-order valence-corrected chi connectivity index (χ1v) is 6.58. The molecule has 0 radical (unpaired) electrons. The number of nitrogens with zero attached hydrogens (tertiary/aromatic N) is 1. The van der Waals surface area contributed by atoms with Crippen LogP contribution in [0.4, 0.5) is 4.79 Å². The van der Waals surface area contributed by atoms with Gasteiger partial charge in [-0.05, 0) is 19.5 Å². The molecule has 0 bridgehead atoms. The molecule has 20 heavy (non-hydrogen) atoms. The minimum Gasteiger partial charge on any atom is -0.480 e. The van der Waals surface area contributed by atoms with E-state index in [0.717, 1.165) is 19.5 Å². The number of aliphatic carboxylic acids is 1. The van der Waals surface area contributed by atoms with Crippen molar-refractivity contribution in [2.75, 3.05) is 19.6 Å². The van der Waals surface area contributed by atoms with Crippen LogP contribution in [0.15, 0.2) is 12.5 Å². The largest absolute Gasteiger partial charge is 0.480 e. The molecule has 2 amide bonds. The molecule has 1 aromatic heterocycles. The number of imidazole rings is 1. The number of H-pyrrole nitrogens is 1. The third-order valence-electron chi connectivity index (χ3n) is 2.65. The van der Waals surface area contributed by atoms with Crippen molar-refractivity contribution in [3.05, 3.63) is 18.2 Å². The standard InChI is InChI=1S/C12H21N5O3/c1-2-13-4-3-5-15-12(20)17-10(11(18)19)6-9-7-14-8-16-9/h7-8,10,13H,2-6H2,1H3,(H,14,16)(H,18,19)(H2,15,17,20)/t10-/m1/s1. The molecule has 0 aliphatic rings. The van der Waals surface area contributed by atoms with E-state index >= 15 is 0 Å². The summed E-state index contributed by atoms with van der Waals surface area (Å²) in [6.07, 6.45) is 3.96. The first-order valence-electron chi connectivity index (χ1n) is 6.58. The Bertz CT molecular complexity index is 407. The van der Waals surface area contributed by atoms with Gasteiger partial charge in [0.25, 0.3) is 0 Å². The maximum Gasteiger partial charge on any atom is 0.326 e. The summed E-state index contributed by atoms with van der Waals surface area (Å²) in [5.74, 6) is -1.08. The second kappa shape index (κ2) is 8.92. The monoisotopic (exact) mass is 283 g/mol. The highest BCUT2D eigenvalue weighted by atomic mass is 16.4. The van der Waals surface area contributed by atoms with Crippen molar-refractivity contribution in [2.45, 2.75) is 25.8 Å². The summed E-state index contributed by atoms with van der Waals surface area (Å²) in [6.45, 7) is 4.20. The lowest BCUT2D eigenvalue weighted by Gasteiger charge is -2.14. The molecule has 0 saturated heterocycles. The van der Waals surface area contributed by atoms with Crippen LogP contribution in [0.25, 0.3) is 0 Å². The lowest BCUT2D eigenvalue weighted by atomic mass is 10.2. The summed E-state index contributed by atoms with van der Waals surface area (Å²) < 4.78 is 0. The van der Waals surface area contributed by atoms with E-state index in [9.17, 15) is 9.59 Å². The molecular formula is C12H21N5O3. The molecule has 0 unspecified atom stereocenters. The fourth-order valence-corrected chi connectivity index (χ4v) is 1.62. The van der Waals surface area contributed by atoms with Gasteiger partial charge in [-0.25, -0.2) is 14.6 Å². The zero-order valence-electron chi connectivity index (χ0n) is 11.5. The van der Waals surface area contributed by atoms with Crippen LogP contribution in [0, 0.1) is 0 Å². The van der Waals surface area contributed by atoms with Gasteiger partial charge in [-0.2, -0.15) is 0 Å². The summed E-state index contributed by atoms with van der Waals surface area (Å²) in [5, 5.41) is 17.3. The van der Waals surface area contributed by atoms with E-state index in [1.807, 2.05) is 6.92 Å². The molecule has 0 fully saturated rings. The minimum atomic E-state index is -1.08. The Morgan fingerprint density at radius 1 is 1.45 bits per heavy atom. The average molecular weight is 283 g/mol. The Morgan fingerprint density at radius 2 is 2.25 bits per heavy atom. The number of carboxylic acids is 1.